The molecule has 0 spiro atoms. The number of rotatable bonds is 5. The molecular weight excluding hydrogens is 454 g/mol. The van der Waals surface area contributed by atoms with Crippen LogP contribution in [0, 0.1) is 0 Å². The minimum absolute atomic E-state index is 0.00848. The fourth-order valence-corrected chi connectivity index (χ4v) is 4.37. The summed E-state index contributed by atoms with van der Waals surface area (Å²) < 4.78 is 8.45. The molecule has 8 nitrogen and oxygen atoms in total. The van der Waals surface area contributed by atoms with Crippen molar-refractivity contribution in [2.45, 2.75) is 6.54 Å². The fraction of sp³-hybridized carbons (Fsp3) is 0.240. The van der Waals surface area contributed by atoms with E-state index in [0.29, 0.717) is 42.4 Å². The van der Waals surface area contributed by atoms with Crippen molar-refractivity contribution < 1.29 is 9.53 Å². The van der Waals surface area contributed by atoms with Crippen molar-refractivity contribution in [2.75, 3.05) is 38.2 Å². The molecule has 0 saturated carbocycles. The highest BCUT2D eigenvalue weighted by Crippen LogP contribution is 2.28. The van der Waals surface area contributed by atoms with Gasteiger partial charge in [0.05, 0.1) is 18.5 Å². The molecule has 0 atom stereocenters. The van der Waals surface area contributed by atoms with Gasteiger partial charge in [-0.05, 0) is 30.3 Å². The van der Waals surface area contributed by atoms with Crippen molar-refractivity contribution in [3.05, 3.63) is 82.4 Å². The predicted molar refractivity (Wildman–Crippen MR) is 132 cm³/mol. The lowest BCUT2D eigenvalue weighted by Crippen LogP contribution is -2.50. The van der Waals surface area contributed by atoms with Crippen molar-refractivity contribution in [2.24, 2.45) is 0 Å². The Morgan fingerprint density at radius 1 is 1.03 bits per heavy atom. The summed E-state index contributed by atoms with van der Waals surface area (Å²) in [6, 6.07) is 16.9. The van der Waals surface area contributed by atoms with E-state index in [1.807, 2.05) is 36.4 Å². The van der Waals surface area contributed by atoms with Crippen LogP contribution in [-0.4, -0.2) is 58.3 Å². The quantitative estimate of drug-likeness (QED) is 0.441. The molecule has 1 aliphatic heterocycles. The highest BCUT2D eigenvalue weighted by atomic mass is 35.5. The van der Waals surface area contributed by atoms with Gasteiger partial charge in [-0.15, -0.1) is 0 Å². The van der Waals surface area contributed by atoms with Gasteiger partial charge in [-0.3, -0.25) is 9.59 Å². The first-order valence-electron chi connectivity index (χ1n) is 11.0. The van der Waals surface area contributed by atoms with E-state index in [1.54, 1.807) is 47.1 Å². The maximum atomic E-state index is 13.0. The molecule has 1 saturated heterocycles. The number of aromatic nitrogens is 3. The Kier molecular flexibility index (Phi) is 5.98. The molecule has 0 unspecified atom stereocenters. The number of benzene rings is 2. The Bertz CT molecular complexity index is 1390. The maximum Gasteiger partial charge on any atom is 0.277 e. The Morgan fingerprint density at radius 2 is 1.76 bits per heavy atom. The number of hydrogen-bond donors (Lipinski definition) is 0. The summed E-state index contributed by atoms with van der Waals surface area (Å²) in [5.74, 6) is 0.740. The third-order valence-corrected chi connectivity index (χ3v) is 6.36. The molecule has 3 heterocycles. The van der Waals surface area contributed by atoms with Gasteiger partial charge in [0.25, 0.3) is 5.56 Å². The van der Waals surface area contributed by atoms with Gasteiger partial charge in [0.1, 0.15) is 17.8 Å². The van der Waals surface area contributed by atoms with Crippen LogP contribution in [0.3, 0.4) is 0 Å². The Labute approximate surface area is 201 Å². The van der Waals surface area contributed by atoms with Crippen LogP contribution in [0.4, 0.5) is 5.69 Å². The van der Waals surface area contributed by atoms with Gasteiger partial charge in [0.15, 0.2) is 0 Å². The van der Waals surface area contributed by atoms with Crippen LogP contribution in [0.5, 0.6) is 5.75 Å². The molecule has 0 aliphatic carbocycles. The standard InChI is InChI=1S/C25H24ClN5O3/c1-34-23-5-3-2-4-21(23)28-10-12-29(13-11-28)24(32)17-30-14-15-31-22(25(30)33)16-20(27-31)18-6-8-19(26)9-7-18/h2-9,14-16H,10-13,17H2,1H3. The molecule has 1 fully saturated rings. The number of methoxy groups -OCH3 is 1. The smallest absolute Gasteiger partial charge is 0.277 e. The Balaban J connectivity index is 1.29. The summed E-state index contributed by atoms with van der Waals surface area (Å²) in [6.45, 7) is 2.56. The van der Waals surface area contributed by atoms with Crippen molar-refractivity contribution >= 4 is 28.7 Å². The minimum Gasteiger partial charge on any atom is -0.495 e. The summed E-state index contributed by atoms with van der Waals surface area (Å²) in [5, 5.41) is 5.12. The summed E-state index contributed by atoms with van der Waals surface area (Å²) in [5.41, 5.74) is 2.72. The number of nitrogens with zero attached hydrogens (tertiary/aromatic N) is 5. The lowest BCUT2D eigenvalue weighted by Gasteiger charge is -2.36. The molecule has 34 heavy (non-hydrogen) atoms. The van der Waals surface area contributed by atoms with Crippen molar-refractivity contribution in [1.29, 1.82) is 0 Å². The predicted octanol–water partition coefficient (Wildman–Crippen LogP) is 3.17. The molecular formula is C25H24ClN5O3. The summed E-state index contributed by atoms with van der Waals surface area (Å²) in [6.07, 6.45) is 3.31. The van der Waals surface area contributed by atoms with Crippen LogP contribution in [-0.2, 0) is 11.3 Å². The first-order chi connectivity index (χ1) is 16.5. The highest BCUT2D eigenvalue weighted by molar-refractivity contribution is 6.30. The number of anilines is 1. The number of fused-ring (bicyclic) bond motifs is 1. The number of carbonyl (C=O) groups is 1. The second kappa shape index (κ2) is 9.23. The molecule has 0 radical (unpaired) electrons. The first-order valence-corrected chi connectivity index (χ1v) is 11.4. The van der Waals surface area contributed by atoms with E-state index in [4.69, 9.17) is 16.3 Å². The van der Waals surface area contributed by atoms with E-state index >= 15 is 0 Å². The van der Waals surface area contributed by atoms with Crippen molar-refractivity contribution in [3.8, 4) is 17.0 Å². The molecule has 174 valence electrons. The number of piperazine rings is 1. The second-order valence-corrected chi connectivity index (χ2v) is 8.57. The zero-order valence-electron chi connectivity index (χ0n) is 18.7. The number of ether oxygens (including phenoxy) is 1. The molecule has 0 bridgehead atoms. The van der Waals surface area contributed by atoms with Gasteiger partial charge < -0.3 is 19.1 Å². The summed E-state index contributed by atoms with van der Waals surface area (Å²) in [4.78, 5) is 30.0. The van der Waals surface area contributed by atoms with E-state index in [-0.39, 0.29) is 18.0 Å². The zero-order valence-corrected chi connectivity index (χ0v) is 19.5. The zero-order chi connectivity index (χ0) is 23.7. The largest absolute Gasteiger partial charge is 0.495 e. The number of amides is 1. The van der Waals surface area contributed by atoms with Gasteiger partial charge in [0, 0.05) is 49.2 Å². The summed E-state index contributed by atoms with van der Waals surface area (Å²) in [7, 11) is 1.66. The van der Waals surface area contributed by atoms with Gasteiger partial charge in [-0.2, -0.15) is 5.10 Å². The normalized spacial score (nSPS) is 13.9. The van der Waals surface area contributed by atoms with Gasteiger partial charge in [0.2, 0.25) is 5.91 Å². The Morgan fingerprint density at radius 3 is 2.50 bits per heavy atom. The van der Waals surface area contributed by atoms with Crippen molar-refractivity contribution in [1.82, 2.24) is 19.1 Å². The maximum absolute atomic E-state index is 13.0. The lowest BCUT2D eigenvalue weighted by atomic mass is 10.1. The van der Waals surface area contributed by atoms with E-state index in [0.717, 1.165) is 17.0 Å². The average molecular weight is 478 g/mol. The number of hydrogen-bond acceptors (Lipinski definition) is 5. The number of carbonyl (C=O) groups excluding carboxylic acids is 1. The van der Waals surface area contributed by atoms with Gasteiger partial charge >= 0.3 is 0 Å². The minimum atomic E-state index is -0.253. The van der Waals surface area contributed by atoms with Crippen LogP contribution in [0.15, 0.2) is 71.8 Å². The second-order valence-electron chi connectivity index (χ2n) is 8.14. The fourth-order valence-electron chi connectivity index (χ4n) is 4.25. The van der Waals surface area contributed by atoms with Gasteiger partial charge in [-0.1, -0.05) is 35.9 Å². The van der Waals surface area contributed by atoms with Gasteiger partial charge in [-0.25, -0.2) is 4.52 Å². The van der Waals surface area contributed by atoms with Crippen LogP contribution in [0.25, 0.3) is 16.8 Å². The van der Waals surface area contributed by atoms with E-state index in [2.05, 4.69) is 10.00 Å². The molecule has 1 amide bonds. The SMILES string of the molecule is COc1ccccc1N1CCN(C(=O)Cn2ccn3nc(-c4ccc(Cl)cc4)cc3c2=O)CC1. The van der Waals surface area contributed by atoms with Crippen LogP contribution < -0.4 is 15.2 Å². The molecule has 4 aromatic rings. The van der Waals surface area contributed by atoms with Crippen molar-refractivity contribution in [3.63, 3.8) is 0 Å². The summed E-state index contributed by atoms with van der Waals surface area (Å²) >= 11 is 5.97. The molecule has 0 N–H and O–H groups in total. The molecule has 2 aromatic carbocycles. The molecule has 1 aliphatic rings. The average Bonchev–Trinajstić information content (AvgIpc) is 3.31. The number of halogens is 1. The third kappa shape index (κ3) is 4.24. The number of para-hydroxylation sites is 2. The lowest BCUT2D eigenvalue weighted by molar-refractivity contribution is -0.132. The van der Waals surface area contributed by atoms with E-state index < -0.39 is 0 Å². The monoisotopic (exact) mass is 477 g/mol. The Hall–Kier alpha value is -3.78. The first kappa shape index (κ1) is 22.0. The molecule has 2 aromatic heterocycles. The van der Waals surface area contributed by atoms with Crippen LogP contribution >= 0.6 is 11.6 Å². The topological polar surface area (TPSA) is 72.1 Å². The highest BCUT2D eigenvalue weighted by Gasteiger charge is 2.23. The van der Waals surface area contributed by atoms with E-state index in [1.165, 1.54) is 4.57 Å². The molecule has 5 rings (SSSR count). The van der Waals surface area contributed by atoms with E-state index in [9.17, 15) is 9.59 Å². The molecule has 9 heteroatoms. The van der Waals surface area contributed by atoms with Crippen LogP contribution in [0.2, 0.25) is 5.02 Å². The van der Waals surface area contributed by atoms with Crippen LogP contribution in [0.1, 0.15) is 0 Å². The third-order valence-electron chi connectivity index (χ3n) is 6.11.